The molecule has 3 heterocycles. The molecule has 3 aliphatic rings. The third kappa shape index (κ3) is 6.97. The first-order chi connectivity index (χ1) is 19.4. The molecule has 5 rings (SSSR count). The third-order valence-corrected chi connectivity index (χ3v) is 9.03. The normalized spacial score (nSPS) is 20.5. The van der Waals surface area contributed by atoms with Crippen molar-refractivity contribution in [1.29, 1.82) is 0 Å². The summed E-state index contributed by atoms with van der Waals surface area (Å²) in [5.74, 6) is -2.39. The Morgan fingerprint density at radius 3 is 2.00 bits per heavy atom. The average molecular weight is 645 g/mol. The lowest BCUT2D eigenvalue weighted by molar-refractivity contribution is -0.152. The summed E-state index contributed by atoms with van der Waals surface area (Å²) in [6, 6.07) is 6.65. The second-order valence-corrected chi connectivity index (χ2v) is 12.3. The number of piperidine rings is 1. The quantitative estimate of drug-likeness (QED) is 0.499. The molecule has 2 amide bonds. The Bertz CT molecular complexity index is 1270. The lowest BCUT2D eigenvalue weighted by Gasteiger charge is -2.48. The van der Waals surface area contributed by atoms with Crippen LogP contribution in [0.5, 0.6) is 0 Å². The first kappa shape index (κ1) is 32.8. The van der Waals surface area contributed by atoms with Gasteiger partial charge in [0.15, 0.2) is 5.60 Å². The van der Waals surface area contributed by atoms with Crippen LogP contribution in [0, 0.1) is 11.6 Å². The van der Waals surface area contributed by atoms with Crippen molar-refractivity contribution in [1.82, 2.24) is 19.6 Å². The summed E-state index contributed by atoms with van der Waals surface area (Å²) in [6.45, 7) is 6.66. The summed E-state index contributed by atoms with van der Waals surface area (Å²) in [7, 11) is 2.03. The van der Waals surface area contributed by atoms with Gasteiger partial charge in [0, 0.05) is 70.2 Å². The number of nitrogens with one attached hydrogen (secondary N) is 1. The van der Waals surface area contributed by atoms with Crippen LogP contribution >= 0.6 is 36.7 Å². The number of aliphatic hydroxyl groups is 1. The summed E-state index contributed by atoms with van der Waals surface area (Å²) in [6.07, 6.45) is 1.46. The molecule has 0 bridgehead atoms. The van der Waals surface area contributed by atoms with E-state index in [1.165, 1.54) is 6.92 Å². The Morgan fingerprint density at radius 1 is 0.905 bits per heavy atom. The molecule has 2 aromatic carbocycles. The maximum Gasteiger partial charge on any atom is 0.258 e. The summed E-state index contributed by atoms with van der Waals surface area (Å²) in [4.78, 5) is 33.9. The molecule has 1 atom stereocenters. The van der Waals surface area contributed by atoms with E-state index in [1.54, 1.807) is 21.9 Å². The molecule has 0 radical (unpaired) electrons. The molecule has 0 unspecified atom stereocenters. The van der Waals surface area contributed by atoms with Crippen molar-refractivity contribution in [2.45, 2.75) is 37.5 Å². The number of hydrogen-bond acceptors (Lipinski definition) is 6. The summed E-state index contributed by atoms with van der Waals surface area (Å²) in [5, 5.41) is 14.9. The molecule has 230 valence electrons. The van der Waals surface area contributed by atoms with Crippen molar-refractivity contribution in [3.8, 4) is 0 Å². The van der Waals surface area contributed by atoms with E-state index in [0.29, 0.717) is 47.9 Å². The number of carbonyl (C=O) groups is 2. The van der Waals surface area contributed by atoms with Gasteiger partial charge < -0.3 is 25.1 Å². The molecule has 3 fully saturated rings. The molecule has 3 saturated heterocycles. The number of rotatable bonds is 6. The number of nitrogens with zero attached hydrogens (tertiary/aromatic N) is 4. The zero-order valence-electron chi connectivity index (χ0n) is 23.7. The Kier molecular flexibility index (Phi) is 10.3. The Labute approximate surface area is 262 Å². The largest absolute Gasteiger partial charge is 0.380 e. The van der Waals surface area contributed by atoms with E-state index in [4.69, 9.17) is 23.2 Å². The molecule has 13 heteroatoms. The van der Waals surface area contributed by atoms with Crippen LogP contribution in [0.4, 0.5) is 14.5 Å². The highest BCUT2D eigenvalue weighted by Crippen LogP contribution is 2.33. The maximum atomic E-state index is 13.7. The minimum Gasteiger partial charge on any atom is -0.380 e. The van der Waals surface area contributed by atoms with Crippen molar-refractivity contribution in [2.24, 2.45) is 0 Å². The molecule has 2 aromatic rings. The number of piperazine rings is 1. The topological polar surface area (TPSA) is 79.4 Å². The van der Waals surface area contributed by atoms with Gasteiger partial charge in [0.25, 0.3) is 11.8 Å². The number of anilines is 1. The molecule has 0 aromatic heterocycles. The maximum absolute atomic E-state index is 13.7. The zero-order valence-corrected chi connectivity index (χ0v) is 26.2. The van der Waals surface area contributed by atoms with Gasteiger partial charge in [-0.3, -0.25) is 14.5 Å². The fourth-order valence-corrected chi connectivity index (χ4v) is 6.52. The van der Waals surface area contributed by atoms with Crippen LogP contribution < -0.4 is 5.32 Å². The van der Waals surface area contributed by atoms with Crippen molar-refractivity contribution < 1.29 is 23.5 Å². The number of likely N-dealkylation sites (tertiary alicyclic amines) is 2. The highest BCUT2D eigenvalue weighted by molar-refractivity contribution is 7.59. The lowest BCUT2D eigenvalue weighted by Crippen LogP contribution is -2.61. The van der Waals surface area contributed by atoms with Gasteiger partial charge in [0.2, 0.25) is 0 Å². The molecule has 8 nitrogen and oxygen atoms in total. The summed E-state index contributed by atoms with van der Waals surface area (Å²) < 4.78 is 27.3. The molecule has 3 aliphatic heterocycles. The van der Waals surface area contributed by atoms with E-state index < -0.39 is 23.1 Å². The SMILES string of the molecule is CN1CCN(C(=O)c2c(Cl)cc(NC3CN(C4CCN(C(=O)[C@@](C)(O)c5cc(F)cc(F)c5)CC4)C3)cc2Cl)CC1.S. The van der Waals surface area contributed by atoms with Crippen molar-refractivity contribution >= 4 is 54.2 Å². The number of carbonyl (C=O) groups excluding carboxylic acids is 2. The van der Waals surface area contributed by atoms with Gasteiger partial charge in [-0.05, 0) is 56.6 Å². The van der Waals surface area contributed by atoms with E-state index in [-0.39, 0.29) is 37.1 Å². The monoisotopic (exact) mass is 643 g/mol. The van der Waals surface area contributed by atoms with Crippen LogP contribution in [0.3, 0.4) is 0 Å². The van der Waals surface area contributed by atoms with Gasteiger partial charge in [0.1, 0.15) is 11.6 Å². The highest BCUT2D eigenvalue weighted by Gasteiger charge is 2.40. The van der Waals surface area contributed by atoms with Gasteiger partial charge in [-0.25, -0.2) is 8.78 Å². The first-order valence-electron chi connectivity index (χ1n) is 13.9. The lowest BCUT2D eigenvalue weighted by atomic mass is 9.91. The second kappa shape index (κ2) is 13.2. The van der Waals surface area contributed by atoms with E-state index in [2.05, 4.69) is 15.1 Å². The fourth-order valence-electron chi connectivity index (χ4n) is 5.87. The van der Waals surface area contributed by atoms with Gasteiger partial charge in [-0.2, -0.15) is 13.5 Å². The molecule has 0 spiro atoms. The van der Waals surface area contributed by atoms with Crippen LogP contribution in [0.2, 0.25) is 10.0 Å². The van der Waals surface area contributed by atoms with Crippen LogP contribution in [0.25, 0.3) is 0 Å². The van der Waals surface area contributed by atoms with Crippen LogP contribution in [-0.2, 0) is 10.4 Å². The van der Waals surface area contributed by atoms with E-state index >= 15 is 0 Å². The Balaban J connectivity index is 0.00000405. The number of amides is 2. The van der Waals surface area contributed by atoms with Crippen molar-refractivity contribution in [3.63, 3.8) is 0 Å². The summed E-state index contributed by atoms with van der Waals surface area (Å²) >= 11 is 13.0. The van der Waals surface area contributed by atoms with Gasteiger partial charge in [0.05, 0.1) is 21.7 Å². The number of halogens is 4. The first-order valence-corrected chi connectivity index (χ1v) is 14.6. The van der Waals surface area contributed by atoms with E-state index in [0.717, 1.165) is 56.8 Å². The smallest absolute Gasteiger partial charge is 0.258 e. The van der Waals surface area contributed by atoms with E-state index in [1.807, 2.05) is 7.05 Å². The van der Waals surface area contributed by atoms with E-state index in [9.17, 15) is 23.5 Å². The minimum absolute atomic E-state index is 0. The van der Waals surface area contributed by atoms with Crippen LogP contribution in [-0.4, -0.2) is 108 Å². The molecule has 42 heavy (non-hydrogen) atoms. The summed E-state index contributed by atoms with van der Waals surface area (Å²) in [5.41, 5.74) is -1.03. The van der Waals surface area contributed by atoms with Gasteiger partial charge >= 0.3 is 0 Å². The highest BCUT2D eigenvalue weighted by atomic mass is 35.5. The number of benzene rings is 2. The zero-order chi connectivity index (χ0) is 29.5. The molecular weight excluding hydrogens is 607 g/mol. The molecule has 2 N–H and O–H groups in total. The molecule has 0 saturated carbocycles. The van der Waals surface area contributed by atoms with Crippen LogP contribution in [0.1, 0.15) is 35.7 Å². The molecular formula is C29H37Cl2F2N5O3S. The predicted octanol–water partition coefficient (Wildman–Crippen LogP) is 3.77. The van der Waals surface area contributed by atoms with Gasteiger partial charge in [-0.1, -0.05) is 23.2 Å². The predicted molar refractivity (Wildman–Crippen MR) is 165 cm³/mol. The number of likely N-dealkylation sites (N-methyl/N-ethyl adjacent to an activating group) is 1. The van der Waals surface area contributed by atoms with Crippen LogP contribution in [0.15, 0.2) is 30.3 Å². The molecule has 0 aliphatic carbocycles. The Morgan fingerprint density at radius 2 is 1.45 bits per heavy atom. The van der Waals surface area contributed by atoms with Crippen molar-refractivity contribution in [2.75, 3.05) is 64.7 Å². The van der Waals surface area contributed by atoms with Crippen molar-refractivity contribution in [3.05, 3.63) is 63.1 Å². The third-order valence-electron chi connectivity index (χ3n) is 8.44. The second-order valence-electron chi connectivity index (χ2n) is 11.5. The fraction of sp³-hybridized carbons (Fsp3) is 0.517. The van der Waals surface area contributed by atoms with Gasteiger partial charge in [-0.15, -0.1) is 0 Å². The number of hydrogen-bond donors (Lipinski definition) is 2. The average Bonchev–Trinajstić information content (AvgIpc) is 2.89. The minimum atomic E-state index is -2.02. The standard InChI is InChI=1S/C29H35Cl2F2N5O3.H2S/c1-29(41,18-11-19(32)13-20(33)12-18)28(40)37-5-3-23(4-6-37)38-16-22(17-38)34-21-14-24(30)26(25(31)15-21)27(39)36-9-7-35(2)8-10-36;/h11-15,22-23,34,41H,3-10,16-17H2,1-2H3;1H2/t29-;/m0./s1. The Hall–Kier alpha value is -2.15.